The van der Waals surface area contributed by atoms with E-state index >= 15 is 0 Å². The van der Waals surface area contributed by atoms with Gasteiger partial charge in [0.15, 0.2) is 0 Å². The van der Waals surface area contributed by atoms with Gasteiger partial charge in [0, 0.05) is 55.3 Å². The lowest BCUT2D eigenvalue weighted by molar-refractivity contribution is 0.160. The second-order valence-corrected chi connectivity index (χ2v) is 6.41. The molecule has 2 aromatic heterocycles. The summed E-state index contributed by atoms with van der Waals surface area (Å²) in [5.41, 5.74) is 4.84. The molecule has 5 heteroatoms. The summed E-state index contributed by atoms with van der Waals surface area (Å²) in [6.45, 7) is 4.07. The molecule has 1 aliphatic heterocycles. The molecule has 0 amide bonds. The van der Waals surface area contributed by atoms with Crippen LogP contribution in [-0.4, -0.2) is 53.2 Å². The highest BCUT2D eigenvalue weighted by Crippen LogP contribution is 2.34. The summed E-state index contributed by atoms with van der Waals surface area (Å²) in [5, 5.41) is 1.31. The van der Waals surface area contributed by atoms with Gasteiger partial charge in [-0.15, -0.1) is 0 Å². The highest BCUT2D eigenvalue weighted by Gasteiger charge is 2.25. The molecule has 1 fully saturated rings. The van der Waals surface area contributed by atoms with Gasteiger partial charge < -0.3 is 14.6 Å². The van der Waals surface area contributed by atoms with Gasteiger partial charge in [-0.2, -0.15) is 0 Å². The number of aromatic amines is 1. The van der Waals surface area contributed by atoms with Gasteiger partial charge in [0.2, 0.25) is 0 Å². The molecule has 0 radical (unpaired) electrons. The van der Waals surface area contributed by atoms with Gasteiger partial charge in [0.1, 0.15) is 6.33 Å². The Balaban J connectivity index is 1.62. The number of fused-ring (bicyclic) bond motifs is 1. The number of aromatic nitrogens is 3. The molecule has 1 aliphatic rings. The quantitative estimate of drug-likeness (QED) is 0.784. The minimum absolute atomic E-state index is 0.581. The van der Waals surface area contributed by atoms with Crippen LogP contribution in [0.15, 0.2) is 43.1 Å². The van der Waals surface area contributed by atoms with Crippen molar-refractivity contribution in [1.82, 2.24) is 19.9 Å². The van der Waals surface area contributed by atoms with Gasteiger partial charge in [-0.3, -0.25) is 0 Å². The van der Waals surface area contributed by atoms with Gasteiger partial charge in [-0.1, -0.05) is 6.07 Å². The minimum atomic E-state index is 0.581. The maximum atomic E-state index is 5.20. The molecule has 0 spiro atoms. The van der Waals surface area contributed by atoms with Crippen LogP contribution < -0.4 is 0 Å². The Hall–Kier alpha value is -2.24. The molecule has 3 aromatic rings. The third-order valence-corrected chi connectivity index (χ3v) is 4.93. The summed E-state index contributed by atoms with van der Waals surface area (Å²) < 4.78 is 5.20. The summed E-state index contributed by atoms with van der Waals surface area (Å²) in [6, 6.07) is 6.54. The van der Waals surface area contributed by atoms with Crippen molar-refractivity contribution in [3.8, 4) is 11.1 Å². The standard InChI is InChI=1S/C19H22N4O/c1-24-7-6-23-5-4-15(12-23)18-11-22-19-3-2-14(8-17(18)19)16-9-20-13-21-10-16/h2-3,8-11,13,15,22H,4-7,12H2,1H3. The van der Waals surface area contributed by atoms with Gasteiger partial charge in [-0.25, -0.2) is 9.97 Å². The zero-order valence-corrected chi connectivity index (χ0v) is 13.9. The molecule has 1 unspecified atom stereocenters. The van der Waals surface area contributed by atoms with E-state index in [-0.39, 0.29) is 0 Å². The zero-order valence-electron chi connectivity index (χ0n) is 13.9. The van der Waals surface area contributed by atoms with E-state index in [1.165, 1.54) is 22.9 Å². The predicted molar refractivity (Wildman–Crippen MR) is 95.0 cm³/mol. The zero-order chi connectivity index (χ0) is 16.4. The topological polar surface area (TPSA) is 54.0 Å². The third kappa shape index (κ3) is 2.92. The van der Waals surface area contributed by atoms with E-state index in [0.29, 0.717) is 5.92 Å². The van der Waals surface area contributed by atoms with E-state index in [1.807, 2.05) is 12.4 Å². The number of hydrogen-bond acceptors (Lipinski definition) is 4. The number of nitrogens with one attached hydrogen (secondary N) is 1. The Labute approximate surface area is 141 Å². The fourth-order valence-corrected chi connectivity index (χ4v) is 3.62. The van der Waals surface area contributed by atoms with Gasteiger partial charge in [0.25, 0.3) is 0 Å². The summed E-state index contributed by atoms with van der Waals surface area (Å²) in [4.78, 5) is 14.2. The Morgan fingerprint density at radius 3 is 2.96 bits per heavy atom. The van der Waals surface area contributed by atoms with Crippen LogP contribution in [0, 0.1) is 0 Å². The lowest BCUT2D eigenvalue weighted by Crippen LogP contribution is -2.24. The number of hydrogen-bond donors (Lipinski definition) is 1. The van der Waals surface area contributed by atoms with E-state index in [9.17, 15) is 0 Å². The van der Waals surface area contributed by atoms with E-state index in [4.69, 9.17) is 4.74 Å². The number of benzene rings is 1. The van der Waals surface area contributed by atoms with Crippen LogP contribution in [0.1, 0.15) is 17.9 Å². The summed E-state index contributed by atoms with van der Waals surface area (Å²) >= 11 is 0. The second kappa shape index (κ2) is 6.71. The van der Waals surface area contributed by atoms with Crippen molar-refractivity contribution in [3.63, 3.8) is 0 Å². The SMILES string of the molecule is COCCN1CCC(c2c[nH]c3ccc(-c4cncnc4)cc23)C1. The van der Waals surface area contributed by atoms with Crippen LogP contribution >= 0.6 is 0 Å². The van der Waals surface area contributed by atoms with E-state index in [1.54, 1.807) is 13.4 Å². The van der Waals surface area contributed by atoms with Crippen LogP contribution in [0.2, 0.25) is 0 Å². The molecule has 4 rings (SSSR count). The Morgan fingerprint density at radius 2 is 2.12 bits per heavy atom. The molecule has 124 valence electrons. The summed E-state index contributed by atoms with van der Waals surface area (Å²) in [6.07, 6.45) is 8.68. The molecular weight excluding hydrogens is 300 g/mol. The van der Waals surface area contributed by atoms with Crippen molar-refractivity contribution in [1.29, 1.82) is 0 Å². The molecule has 1 aromatic carbocycles. The molecule has 0 aliphatic carbocycles. The van der Waals surface area contributed by atoms with Crippen molar-refractivity contribution in [2.45, 2.75) is 12.3 Å². The molecule has 1 atom stereocenters. The van der Waals surface area contributed by atoms with Crippen molar-refractivity contribution >= 4 is 10.9 Å². The maximum absolute atomic E-state index is 5.20. The Morgan fingerprint density at radius 1 is 1.25 bits per heavy atom. The first-order valence-electron chi connectivity index (χ1n) is 8.43. The maximum Gasteiger partial charge on any atom is 0.115 e. The van der Waals surface area contributed by atoms with Gasteiger partial charge >= 0.3 is 0 Å². The monoisotopic (exact) mass is 322 g/mol. The van der Waals surface area contributed by atoms with Gasteiger partial charge in [0.05, 0.1) is 6.61 Å². The van der Waals surface area contributed by atoms with Crippen molar-refractivity contribution in [2.75, 3.05) is 33.4 Å². The lowest BCUT2D eigenvalue weighted by Gasteiger charge is -2.15. The van der Waals surface area contributed by atoms with E-state index < -0.39 is 0 Å². The van der Waals surface area contributed by atoms with Crippen LogP contribution in [0.5, 0.6) is 0 Å². The average molecular weight is 322 g/mol. The largest absolute Gasteiger partial charge is 0.383 e. The average Bonchev–Trinajstić information content (AvgIpc) is 3.26. The Kier molecular flexibility index (Phi) is 4.28. The lowest BCUT2D eigenvalue weighted by atomic mass is 9.96. The van der Waals surface area contributed by atoms with Gasteiger partial charge in [-0.05, 0) is 42.1 Å². The minimum Gasteiger partial charge on any atom is -0.383 e. The highest BCUT2D eigenvalue weighted by molar-refractivity contribution is 5.88. The van der Waals surface area contributed by atoms with Crippen LogP contribution in [0.4, 0.5) is 0 Å². The highest BCUT2D eigenvalue weighted by atomic mass is 16.5. The molecule has 24 heavy (non-hydrogen) atoms. The number of ether oxygens (including phenoxy) is 1. The van der Waals surface area contributed by atoms with E-state index in [0.717, 1.165) is 37.4 Å². The molecule has 1 saturated heterocycles. The molecule has 1 N–H and O–H groups in total. The number of nitrogens with zero attached hydrogens (tertiary/aromatic N) is 3. The van der Waals surface area contributed by atoms with Crippen molar-refractivity contribution in [3.05, 3.63) is 48.7 Å². The van der Waals surface area contributed by atoms with Crippen LogP contribution in [0.25, 0.3) is 22.0 Å². The molecule has 5 nitrogen and oxygen atoms in total. The van der Waals surface area contributed by atoms with Crippen LogP contribution in [-0.2, 0) is 4.74 Å². The molecule has 3 heterocycles. The predicted octanol–water partition coefficient (Wildman–Crippen LogP) is 3.06. The van der Waals surface area contributed by atoms with Crippen molar-refractivity contribution in [2.24, 2.45) is 0 Å². The normalized spacial score (nSPS) is 18.5. The second-order valence-electron chi connectivity index (χ2n) is 6.41. The first-order chi connectivity index (χ1) is 11.8. The number of rotatable bonds is 5. The van der Waals surface area contributed by atoms with Crippen LogP contribution in [0.3, 0.4) is 0 Å². The summed E-state index contributed by atoms with van der Waals surface area (Å²) in [7, 11) is 1.77. The molecule has 0 bridgehead atoms. The number of likely N-dealkylation sites (tertiary alicyclic amines) is 1. The number of H-pyrrole nitrogens is 1. The third-order valence-electron chi connectivity index (χ3n) is 4.93. The smallest absolute Gasteiger partial charge is 0.115 e. The fourth-order valence-electron chi connectivity index (χ4n) is 3.62. The van der Waals surface area contributed by atoms with Crippen molar-refractivity contribution < 1.29 is 4.74 Å². The molecule has 0 saturated carbocycles. The number of methoxy groups -OCH3 is 1. The summed E-state index contributed by atoms with van der Waals surface area (Å²) in [5.74, 6) is 0.581. The Bertz CT molecular complexity index is 815. The first kappa shape index (κ1) is 15.3. The fraction of sp³-hybridized carbons (Fsp3) is 0.368. The van der Waals surface area contributed by atoms with E-state index in [2.05, 4.69) is 44.2 Å². The molecular formula is C19H22N4O. The first-order valence-corrected chi connectivity index (χ1v) is 8.43.